The smallest absolute Gasteiger partial charge is 0.422 e. The van der Waals surface area contributed by atoms with Crippen molar-refractivity contribution in [1.82, 2.24) is 0 Å². The first-order chi connectivity index (χ1) is 13.5. The van der Waals surface area contributed by atoms with E-state index in [2.05, 4.69) is 5.10 Å². The van der Waals surface area contributed by atoms with E-state index < -0.39 is 45.6 Å². The van der Waals surface area contributed by atoms with Crippen molar-refractivity contribution >= 4 is 33.5 Å². The minimum absolute atomic E-state index is 0.131. The molecule has 0 radical (unpaired) electrons. The molecule has 5 nitrogen and oxygen atoms in total. The van der Waals surface area contributed by atoms with E-state index in [1.807, 2.05) is 0 Å². The average Bonchev–Trinajstić information content (AvgIpc) is 3.01. The first-order valence-electron chi connectivity index (χ1n) is 7.38. The summed E-state index contributed by atoms with van der Waals surface area (Å²) in [5.74, 6) is -9.68. The van der Waals surface area contributed by atoms with Gasteiger partial charge < -0.3 is 9.15 Å². The predicted octanol–water partition coefficient (Wildman–Crippen LogP) is 4.88. The maximum absolute atomic E-state index is 13.8. The lowest BCUT2D eigenvalue weighted by Crippen LogP contribution is -2.16. The number of fused-ring (bicyclic) bond motifs is 1. The summed E-state index contributed by atoms with van der Waals surface area (Å²) < 4.78 is 103. The molecule has 3 aromatic rings. The monoisotopic (exact) mass is 440 g/mol. The van der Waals surface area contributed by atoms with Crippen LogP contribution in [0.2, 0.25) is 0 Å². The highest BCUT2D eigenvalue weighted by atomic mass is 32.1. The second-order valence-electron chi connectivity index (χ2n) is 5.38. The molecule has 0 aliphatic heterocycles. The average molecular weight is 440 g/mol. The van der Waals surface area contributed by atoms with Crippen LogP contribution in [0.4, 0.5) is 36.4 Å². The van der Waals surface area contributed by atoms with Crippen molar-refractivity contribution in [2.45, 2.75) is 6.18 Å². The minimum Gasteiger partial charge on any atom is -0.493 e. The Morgan fingerprint density at radius 2 is 1.72 bits per heavy atom. The summed E-state index contributed by atoms with van der Waals surface area (Å²) in [6, 6.07) is 2.71. The molecule has 0 spiro atoms. The lowest BCUT2D eigenvalue weighted by molar-refractivity contribution is -0.143. The molecule has 0 aliphatic rings. The molecule has 154 valence electrons. The molecule has 29 heavy (non-hydrogen) atoms. The van der Waals surface area contributed by atoms with Gasteiger partial charge in [0.15, 0.2) is 34.6 Å². The van der Waals surface area contributed by atoms with E-state index >= 15 is 0 Å². The molecule has 1 aromatic heterocycles. The quantitative estimate of drug-likeness (QED) is 0.272. The Hall–Kier alpha value is -3.09. The number of halogens is 7. The van der Waals surface area contributed by atoms with Gasteiger partial charge in [-0.1, -0.05) is 11.3 Å². The van der Waals surface area contributed by atoms with Gasteiger partial charge in [-0.2, -0.15) is 18.3 Å². The Labute approximate surface area is 160 Å². The Morgan fingerprint density at radius 1 is 1.10 bits per heavy atom. The zero-order valence-electron chi connectivity index (χ0n) is 14.0. The van der Waals surface area contributed by atoms with Crippen molar-refractivity contribution in [3.8, 4) is 5.75 Å². The standard InChI is InChI=1S/C16H7F7N2O3S/c1-27-6-2-5(3-7-14(6)28-15(26)29-7)4-24-25-13-11(19)9(17)8(16(21,22)23)10(18)12(13)20/h2-4,25H,1H3/b24-4-. The highest BCUT2D eigenvalue weighted by molar-refractivity contribution is 7.16. The first-order valence-corrected chi connectivity index (χ1v) is 8.20. The lowest BCUT2D eigenvalue weighted by Gasteiger charge is -2.13. The van der Waals surface area contributed by atoms with E-state index in [4.69, 9.17) is 9.15 Å². The topological polar surface area (TPSA) is 63.8 Å². The van der Waals surface area contributed by atoms with Crippen molar-refractivity contribution in [2.75, 3.05) is 12.5 Å². The normalized spacial score (nSPS) is 12.1. The van der Waals surface area contributed by atoms with Gasteiger partial charge in [-0.15, -0.1) is 0 Å². The summed E-state index contributed by atoms with van der Waals surface area (Å²) in [5.41, 5.74) is -2.24. The van der Waals surface area contributed by atoms with Crippen LogP contribution in [-0.2, 0) is 6.18 Å². The molecule has 0 saturated carbocycles. The van der Waals surface area contributed by atoms with E-state index in [1.54, 1.807) is 5.43 Å². The third-order valence-electron chi connectivity index (χ3n) is 3.58. The Morgan fingerprint density at radius 3 is 2.28 bits per heavy atom. The van der Waals surface area contributed by atoms with Crippen LogP contribution < -0.4 is 15.1 Å². The van der Waals surface area contributed by atoms with Gasteiger partial charge in [0.1, 0.15) is 11.3 Å². The van der Waals surface area contributed by atoms with E-state index in [1.165, 1.54) is 19.2 Å². The highest BCUT2D eigenvalue weighted by Gasteiger charge is 2.42. The molecule has 2 aromatic carbocycles. The first kappa shape index (κ1) is 20.6. The summed E-state index contributed by atoms with van der Waals surface area (Å²) >= 11 is 0.728. The number of methoxy groups -OCH3 is 1. The Bertz CT molecular complexity index is 1150. The van der Waals surface area contributed by atoms with Gasteiger partial charge in [-0.05, 0) is 17.7 Å². The SMILES string of the molecule is COc1cc(/C=N\Nc2c(F)c(F)c(C(F)(F)F)c(F)c2F)cc2sc(=O)oc12. The third-order valence-corrected chi connectivity index (χ3v) is 4.35. The minimum atomic E-state index is -5.64. The van der Waals surface area contributed by atoms with Crippen molar-refractivity contribution in [3.63, 3.8) is 0 Å². The second-order valence-corrected chi connectivity index (χ2v) is 6.36. The highest BCUT2D eigenvalue weighted by Crippen LogP contribution is 2.38. The van der Waals surface area contributed by atoms with Crippen LogP contribution in [0, 0.1) is 23.3 Å². The number of rotatable bonds is 4. The maximum atomic E-state index is 13.8. The van der Waals surface area contributed by atoms with Crippen LogP contribution in [0.3, 0.4) is 0 Å². The number of benzene rings is 2. The zero-order chi connectivity index (χ0) is 21.5. The van der Waals surface area contributed by atoms with Crippen LogP contribution in [0.5, 0.6) is 5.75 Å². The Kier molecular flexibility index (Phi) is 5.26. The van der Waals surface area contributed by atoms with Gasteiger partial charge in [-0.25, -0.2) is 22.4 Å². The van der Waals surface area contributed by atoms with Crippen molar-refractivity contribution in [2.24, 2.45) is 5.10 Å². The van der Waals surface area contributed by atoms with Gasteiger partial charge in [0, 0.05) is 0 Å². The number of nitrogens with one attached hydrogen (secondary N) is 1. The molecule has 13 heteroatoms. The molecule has 1 N–H and O–H groups in total. The largest absolute Gasteiger partial charge is 0.493 e. The number of anilines is 1. The molecule has 1 heterocycles. The van der Waals surface area contributed by atoms with Gasteiger partial charge >= 0.3 is 11.1 Å². The summed E-state index contributed by atoms with van der Waals surface area (Å²) in [5, 5.41) is 3.37. The molecular weight excluding hydrogens is 433 g/mol. The van der Waals surface area contributed by atoms with Gasteiger partial charge in [0.05, 0.1) is 18.0 Å². The lowest BCUT2D eigenvalue weighted by atomic mass is 10.1. The van der Waals surface area contributed by atoms with Crippen LogP contribution in [0.25, 0.3) is 10.3 Å². The number of hydrogen-bond donors (Lipinski definition) is 1. The van der Waals surface area contributed by atoms with Crippen molar-refractivity contribution < 1.29 is 39.9 Å². The molecule has 3 rings (SSSR count). The fraction of sp³-hybridized carbons (Fsp3) is 0.125. The number of hydrazone groups is 1. The summed E-state index contributed by atoms with van der Waals surface area (Å²) in [7, 11) is 1.28. The second kappa shape index (κ2) is 7.39. The molecule has 0 bridgehead atoms. The van der Waals surface area contributed by atoms with Gasteiger partial charge in [0.2, 0.25) is 0 Å². The summed E-state index contributed by atoms with van der Waals surface area (Å²) in [4.78, 5) is 10.7. The molecule has 0 aliphatic carbocycles. The number of nitrogens with zero attached hydrogens (tertiary/aromatic N) is 1. The molecule has 0 unspecified atom stereocenters. The van der Waals surface area contributed by atoms with Crippen molar-refractivity contribution in [3.05, 3.63) is 56.3 Å². The number of alkyl halides is 3. The number of hydrogen-bond acceptors (Lipinski definition) is 6. The maximum Gasteiger partial charge on any atom is 0.422 e. The van der Waals surface area contributed by atoms with Crippen LogP contribution in [-0.4, -0.2) is 13.3 Å². The molecule has 0 fully saturated rings. The van der Waals surface area contributed by atoms with E-state index in [-0.39, 0.29) is 16.9 Å². The fourth-order valence-corrected chi connectivity index (χ4v) is 3.08. The van der Waals surface area contributed by atoms with Gasteiger partial charge in [-0.3, -0.25) is 5.43 Å². The molecular formula is C16H7F7N2O3S. The van der Waals surface area contributed by atoms with E-state index in [0.717, 1.165) is 17.6 Å². The van der Waals surface area contributed by atoms with Crippen LogP contribution in [0.15, 0.2) is 26.4 Å². The van der Waals surface area contributed by atoms with Crippen molar-refractivity contribution in [1.29, 1.82) is 0 Å². The number of ether oxygens (including phenoxy) is 1. The summed E-state index contributed by atoms with van der Waals surface area (Å²) in [6.45, 7) is 0. The van der Waals surface area contributed by atoms with Crippen LogP contribution >= 0.6 is 11.3 Å². The Balaban J connectivity index is 1.97. The molecule has 0 amide bonds. The summed E-state index contributed by atoms with van der Waals surface area (Å²) in [6.07, 6.45) is -4.71. The molecule has 0 atom stereocenters. The predicted molar refractivity (Wildman–Crippen MR) is 89.4 cm³/mol. The zero-order valence-corrected chi connectivity index (χ0v) is 14.8. The molecule has 0 saturated heterocycles. The van der Waals surface area contributed by atoms with E-state index in [9.17, 15) is 35.5 Å². The van der Waals surface area contributed by atoms with Crippen LogP contribution in [0.1, 0.15) is 11.1 Å². The van der Waals surface area contributed by atoms with Gasteiger partial charge in [0.25, 0.3) is 0 Å². The third kappa shape index (κ3) is 3.77. The fourth-order valence-electron chi connectivity index (χ4n) is 2.34. The van der Waals surface area contributed by atoms with E-state index in [0.29, 0.717) is 4.70 Å².